The Morgan fingerprint density at radius 2 is 2.11 bits per heavy atom. The highest BCUT2D eigenvalue weighted by atomic mass is 35.5. The number of nitrogens with one attached hydrogen (secondary N) is 1. The second-order valence-corrected chi connectivity index (χ2v) is 7.29. The minimum atomic E-state index is 0.0837. The minimum Gasteiger partial charge on any atom is -0.495 e. The third-order valence-electron chi connectivity index (χ3n) is 2.46. The quantitative estimate of drug-likeness (QED) is 0.644. The summed E-state index contributed by atoms with van der Waals surface area (Å²) in [6, 6.07) is 5.82. The molecule has 5 heteroatoms. The lowest BCUT2D eigenvalue weighted by Gasteiger charge is -2.23. The van der Waals surface area contributed by atoms with E-state index in [1.165, 1.54) is 0 Å². The second kappa shape index (κ2) is 6.66. The number of thioether (sulfide) groups is 1. The van der Waals surface area contributed by atoms with Gasteiger partial charge in [0.05, 0.1) is 18.2 Å². The van der Waals surface area contributed by atoms with Crippen LogP contribution >= 0.6 is 23.4 Å². The van der Waals surface area contributed by atoms with Gasteiger partial charge in [0.2, 0.25) is 0 Å². The molecule has 1 atom stereocenters. The molecule has 0 spiro atoms. The summed E-state index contributed by atoms with van der Waals surface area (Å²) in [4.78, 5) is 0. The summed E-state index contributed by atoms with van der Waals surface area (Å²) in [5, 5.41) is 0.612. The van der Waals surface area contributed by atoms with Gasteiger partial charge in [-0.05, 0) is 17.7 Å². The Balaban J connectivity index is 2.82. The van der Waals surface area contributed by atoms with E-state index in [0.717, 1.165) is 11.3 Å². The van der Waals surface area contributed by atoms with Crippen molar-refractivity contribution >= 4 is 23.4 Å². The van der Waals surface area contributed by atoms with E-state index in [-0.39, 0.29) is 10.8 Å². The molecule has 1 aromatic carbocycles. The number of nitrogens with two attached hydrogens (primary N) is 1. The molecule has 3 N–H and O–H groups in total. The van der Waals surface area contributed by atoms with Crippen molar-refractivity contribution in [3.8, 4) is 5.75 Å². The second-order valence-electron chi connectivity index (χ2n) is 5.04. The van der Waals surface area contributed by atoms with E-state index in [4.69, 9.17) is 22.2 Å². The van der Waals surface area contributed by atoms with Crippen LogP contribution in [-0.2, 0) is 0 Å². The standard InChI is InChI=1S/C13H21ClN2OS/c1-13(2,3)18-8-11(16-15)9-5-6-10(14)12(7-9)17-4/h5-7,11,16H,8,15H2,1-4H3. The molecule has 0 heterocycles. The van der Waals surface area contributed by atoms with Crippen LogP contribution in [0, 0.1) is 0 Å². The molecule has 1 unspecified atom stereocenters. The zero-order valence-electron chi connectivity index (χ0n) is 11.3. The number of benzene rings is 1. The highest BCUT2D eigenvalue weighted by Crippen LogP contribution is 2.31. The maximum Gasteiger partial charge on any atom is 0.137 e. The highest BCUT2D eigenvalue weighted by Gasteiger charge is 2.17. The fraction of sp³-hybridized carbons (Fsp3) is 0.538. The largest absolute Gasteiger partial charge is 0.495 e. The van der Waals surface area contributed by atoms with Crippen molar-refractivity contribution in [1.29, 1.82) is 0 Å². The maximum atomic E-state index is 6.01. The molecule has 0 saturated heterocycles. The Labute approximate surface area is 118 Å². The lowest BCUT2D eigenvalue weighted by Crippen LogP contribution is -2.30. The predicted octanol–water partition coefficient (Wildman–Crippen LogP) is 3.38. The van der Waals surface area contributed by atoms with E-state index in [1.807, 2.05) is 30.0 Å². The average molecular weight is 289 g/mol. The number of methoxy groups -OCH3 is 1. The smallest absolute Gasteiger partial charge is 0.137 e. The molecule has 0 aliphatic heterocycles. The van der Waals surface area contributed by atoms with Crippen molar-refractivity contribution < 1.29 is 4.74 Å². The fourth-order valence-corrected chi connectivity index (χ4v) is 2.62. The van der Waals surface area contributed by atoms with Crippen LogP contribution in [0.25, 0.3) is 0 Å². The van der Waals surface area contributed by atoms with Crippen molar-refractivity contribution in [2.24, 2.45) is 5.84 Å². The van der Waals surface area contributed by atoms with Gasteiger partial charge in [-0.1, -0.05) is 38.4 Å². The van der Waals surface area contributed by atoms with Crippen LogP contribution in [0.4, 0.5) is 0 Å². The van der Waals surface area contributed by atoms with Gasteiger partial charge in [-0.3, -0.25) is 11.3 Å². The molecule has 3 nitrogen and oxygen atoms in total. The number of hydrazine groups is 1. The first-order valence-corrected chi connectivity index (χ1v) is 7.17. The van der Waals surface area contributed by atoms with Gasteiger partial charge < -0.3 is 4.74 Å². The molecule has 0 saturated carbocycles. The predicted molar refractivity (Wildman–Crippen MR) is 80.3 cm³/mol. The number of hydrogen-bond acceptors (Lipinski definition) is 4. The zero-order valence-corrected chi connectivity index (χ0v) is 12.9. The van der Waals surface area contributed by atoms with Gasteiger partial charge >= 0.3 is 0 Å². The molecular formula is C13H21ClN2OS. The molecule has 0 aromatic heterocycles. The average Bonchev–Trinajstić information content (AvgIpc) is 2.30. The topological polar surface area (TPSA) is 47.3 Å². The lowest BCUT2D eigenvalue weighted by atomic mass is 10.1. The molecule has 0 radical (unpaired) electrons. The first-order valence-electron chi connectivity index (χ1n) is 5.81. The Hall–Kier alpha value is -0.420. The van der Waals surface area contributed by atoms with E-state index < -0.39 is 0 Å². The monoisotopic (exact) mass is 288 g/mol. The van der Waals surface area contributed by atoms with Crippen molar-refractivity contribution in [2.75, 3.05) is 12.9 Å². The Morgan fingerprint density at radius 3 is 2.61 bits per heavy atom. The van der Waals surface area contributed by atoms with Crippen LogP contribution in [0.5, 0.6) is 5.75 Å². The van der Waals surface area contributed by atoms with Crippen molar-refractivity contribution in [2.45, 2.75) is 31.6 Å². The van der Waals surface area contributed by atoms with Crippen LogP contribution < -0.4 is 16.0 Å². The van der Waals surface area contributed by atoms with Gasteiger partial charge in [0, 0.05) is 10.5 Å². The van der Waals surface area contributed by atoms with Gasteiger partial charge in [0.1, 0.15) is 5.75 Å². The first kappa shape index (κ1) is 15.6. The third-order valence-corrected chi connectivity index (χ3v) is 4.14. The molecule has 1 rings (SSSR count). The highest BCUT2D eigenvalue weighted by molar-refractivity contribution is 8.00. The first-order chi connectivity index (χ1) is 8.37. The van der Waals surface area contributed by atoms with Gasteiger partial charge in [-0.25, -0.2) is 0 Å². The molecular weight excluding hydrogens is 268 g/mol. The summed E-state index contributed by atoms with van der Waals surface area (Å²) in [5.74, 6) is 7.20. The van der Waals surface area contributed by atoms with E-state index in [2.05, 4.69) is 26.2 Å². The van der Waals surface area contributed by atoms with Crippen LogP contribution in [0.2, 0.25) is 5.02 Å². The van der Waals surface area contributed by atoms with Gasteiger partial charge in [0.15, 0.2) is 0 Å². The zero-order chi connectivity index (χ0) is 13.8. The summed E-state index contributed by atoms with van der Waals surface area (Å²) in [6.07, 6.45) is 0. The normalized spacial score (nSPS) is 13.4. The number of ether oxygens (including phenoxy) is 1. The van der Waals surface area contributed by atoms with Crippen LogP contribution in [0.1, 0.15) is 32.4 Å². The molecule has 0 aliphatic carbocycles. The van der Waals surface area contributed by atoms with Crippen LogP contribution in [0.3, 0.4) is 0 Å². The molecule has 18 heavy (non-hydrogen) atoms. The number of halogens is 1. The van der Waals surface area contributed by atoms with Gasteiger partial charge in [0.25, 0.3) is 0 Å². The summed E-state index contributed by atoms with van der Waals surface area (Å²) in [5.41, 5.74) is 3.92. The SMILES string of the molecule is COc1cc(C(CSC(C)(C)C)NN)ccc1Cl. The Morgan fingerprint density at radius 1 is 1.44 bits per heavy atom. The molecule has 1 aromatic rings. The summed E-state index contributed by atoms with van der Waals surface area (Å²) < 4.78 is 5.43. The van der Waals surface area contributed by atoms with Gasteiger partial charge in [-0.2, -0.15) is 11.8 Å². The van der Waals surface area contributed by atoms with Crippen LogP contribution in [0.15, 0.2) is 18.2 Å². The summed E-state index contributed by atoms with van der Waals surface area (Å²) in [6.45, 7) is 6.56. The van der Waals surface area contributed by atoms with E-state index in [9.17, 15) is 0 Å². The van der Waals surface area contributed by atoms with E-state index in [1.54, 1.807) is 7.11 Å². The molecule has 102 valence electrons. The van der Waals surface area contributed by atoms with E-state index in [0.29, 0.717) is 10.8 Å². The maximum absolute atomic E-state index is 6.01. The third kappa shape index (κ3) is 4.69. The van der Waals surface area contributed by atoms with Crippen molar-refractivity contribution in [1.82, 2.24) is 5.43 Å². The van der Waals surface area contributed by atoms with Crippen molar-refractivity contribution in [3.05, 3.63) is 28.8 Å². The minimum absolute atomic E-state index is 0.0837. The Bertz CT molecular complexity index is 393. The molecule has 0 bridgehead atoms. The summed E-state index contributed by atoms with van der Waals surface area (Å²) >= 11 is 7.87. The van der Waals surface area contributed by atoms with Crippen molar-refractivity contribution in [3.63, 3.8) is 0 Å². The molecule has 0 amide bonds. The fourth-order valence-electron chi connectivity index (χ4n) is 1.47. The molecule has 0 aliphatic rings. The van der Waals surface area contributed by atoms with E-state index >= 15 is 0 Å². The van der Waals surface area contributed by atoms with Gasteiger partial charge in [-0.15, -0.1) is 0 Å². The number of hydrogen-bond donors (Lipinski definition) is 2. The van der Waals surface area contributed by atoms with Crippen LogP contribution in [-0.4, -0.2) is 17.6 Å². The lowest BCUT2D eigenvalue weighted by molar-refractivity contribution is 0.413. The Kier molecular flexibility index (Phi) is 5.79. The number of rotatable bonds is 5. The molecule has 0 fully saturated rings. The summed E-state index contributed by atoms with van der Waals surface area (Å²) in [7, 11) is 1.61.